The first-order chi connectivity index (χ1) is 8.16. The van der Waals surface area contributed by atoms with Crippen LogP contribution < -0.4 is 11.1 Å². The minimum Gasteiger partial charge on any atom is -0.398 e. The highest BCUT2D eigenvalue weighted by Gasteiger charge is 2.00. The van der Waals surface area contributed by atoms with Gasteiger partial charge in [0.15, 0.2) is 0 Å². The van der Waals surface area contributed by atoms with Crippen LogP contribution in [0.25, 0.3) is 0 Å². The third-order valence-corrected chi connectivity index (χ3v) is 3.21. The molecule has 3 heteroatoms. The standard InChI is InChI=1S/C14H15BrN2/c1-10-8-12(15)6-7-14(10)17-9-11-4-2-3-5-13(11)16/h2-8,17H,9,16H2,1H3. The number of nitrogens with two attached hydrogens (primary N) is 1. The van der Waals surface area contributed by atoms with E-state index in [1.54, 1.807) is 0 Å². The monoisotopic (exact) mass is 290 g/mol. The van der Waals surface area contributed by atoms with Crippen molar-refractivity contribution < 1.29 is 0 Å². The number of nitrogen functional groups attached to an aromatic ring is 1. The summed E-state index contributed by atoms with van der Waals surface area (Å²) >= 11 is 3.46. The Bertz CT molecular complexity index is 523. The van der Waals surface area contributed by atoms with E-state index in [9.17, 15) is 0 Å². The average Bonchev–Trinajstić information content (AvgIpc) is 2.30. The molecule has 2 nitrogen and oxygen atoms in total. The van der Waals surface area contributed by atoms with Crippen molar-refractivity contribution in [2.75, 3.05) is 11.1 Å². The van der Waals surface area contributed by atoms with Gasteiger partial charge in [-0.15, -0.1) is 0 Å². The van der Waals surface area contributed by atoms with E-state index in [2.05, 4.69) is 40.3 Å². The summed E-state index contributed by atoms with van der Waals surface area (Å²) in [4.78, 5) is 0. The van der Waals surface area contributed by atoms with Gasteiger partial charge in [-0.05, 0) is 42.3 Å². The molecule has 2 aromatic rings. The lowest BCUT2D eigenvalue weighted by Gasteiger charge is -2.11. The van der Waals surface area contributed by atoms with Gasteiger partial charge in [-0.3, -0.25) is 0 Å². The van der Waals surface area contributed by atoms with Crippen LogP contribution in [0, 0.1) is 6.92 Å². The molecule has 0 aliphatic carbocycles. The first-order valence-electron chi connectivity index (χ1n) is 5.50. The Hall–Kier alpha value is -1.48. The van der Waals surface area contributed by atoms with Gasteiger partial charge in [0.1, 0.15) is 0 Å². The maximum Gasteiger partial charge on any atom is 0.0421 e. The molecule has 88 valence electrons. The number of para-hydroxylation sites is 1. The largest absolute Gasteiger partial charge is 0.398 e. The summed E-state index contributed by atoms with van der Waals surface area (Å²) in [6, 6.07) is 14.1. The Morgan fingerprint density at radius 1 is 1.18 bits per heavy atom. The van der Waals surface area contributed by atoms with Gasteiger partial charge in [0, 0.05) is 22.4 Å². The van der Waals surface area contributed by atoms with Crippen LogP contribution in [-0.4, -0.2) is 0 Å². The Kier molecular flexibility index (Phi) is 3.69. The minimum absolute atomic E-state index is 0.745. The zero-order valence-electron chi connectivity index (χ0n) is 9.70. The van der Waals surface area contributed by atoms with Gasteiger partial charge in [-0.1, -0.05) is 34.1 Å². The van der Waals surface area contributed by atoms with Crippen LogP contribution in [0.15, 0.2) is 46.9 Å². The smallest absolute Gasteiger partial charge is 0.0421 e. The number of anilines is 2. The molecule has 0 atom stereocenters. The fraction of sp³-hybridized carbons (Fsp3) is 0.143. The van der Waals surface area contributed by atoms with Gasteiger partial charge in [-0.2, -0.15) is 0 Å². The molecular formula is C14H15BrN2. The second-order valence-electron chi connectivity index (χ2n) is 4.01. The van der Waals surface area contributed by atoms with E-state index in [1.807, 2.05) is 30.3 Å². The lowest BCUT2D eigenvalue weighted by molar-refractivity contribution is 1.14. The Balaban J connectivity index is 2.10. The van der Waals surface area contributed by atoms with Crippen molar-refractivity contribution >= 4 is 27.3 Å². The van der Waals surface area contributed by atoms with Crippen LogP contribution in [-0.2, 0) is 6.54 Å². The maximum atomic E-state index is 5.90. The predicted molar refractivity (Wildman–Crippen MR) is 77.1 cm³/mol. The third kappa shape index (κ3) is 3.01. The summed E-state index contributed by atoms with van der Waals surface area (Å²) in [5.41, 5.74) is 10.2. The molecule has 2 aromatic carbocycles. The molecule has 17 heavy (non-hydrogen) atoms. The van der Waals surface area contributed by atoms with Crippen molar-refractivity contribution in [3.63, 3.8) is 0 Å². The van der Waals surface area contributed by atoms with Gasteiger partial charge >= 0.3 is 0 Å². The van der Waals surface area contributed by atoms with Crippen LogP contribution in [0.1, 0.15) is 11.1 Å². The molecule has 0 bridgehead atoms. The van der Waals surface area contributed by atoms with Gasteiger partial charge in [0.05, 0.1) is 0 Å². The first kappa shape index (κ1) is 12.0. The number of nitrogens with one attached hydrogen (secondary N) is 1. The predicted octanol–water partition coefficient (Wildman–Crippen LogP) is 3.95. The molecule has 0 amide bonds. The average molecular weight is 291 g/mol. The third-order valence-electron chi connectivity index (χ3n) is 2.71. The highest BCUT2D eigenvalue weighted by Crippen LogP contribution is 2.21. The van der Waals surface area contributed by atoms with Crippen molar-refractivity contribution in [1.82, 2.24) is 0 Å². The molecule has 2 rings (SSSR count). The Morgan fingerprint density at radius 3 is 2.65 bits per heavy atom. The summed E-state index contributed by atoms with van der Waals surface area (Å²) in [5, 5.41) is 3.40. The molecule has 0 aliphatic rings. The summed E-state index contributed by atoms with van der Waals surface area (Å²) < 4.78 is 1.10. The number of hydrogen-bond acceptors (Lipinski definition) is 2. The van der Waals surface area contributed by atoms with Crippen LogP contribution in [0.3, 0.4) is 0 Å². The van der Waals surface area contributed by atoms with Gasteiger partial charge in [0.25, 0.3) is 0 Å². The summed E-state index contributed by atoms with van der Waals surface area (Å²) in [5.74, 6) is 0. The van der Waals surface area contributed by atoms with Gasteiger partial charge in [-0.25, -0.2) is 0 Å². The SMILES string of the molecule is Cc1cc(Br)ccc1NCc1ccccc1N. The molecule has 0 aliphatic heterocycles. The van der Waals surface area contributed by atoms with E-state index >= 15 is 0 Å². The van der Waals surface area contributed by atoms with E-state index in [-0.39, 0.29) is 0 Å². The van der Waals surface area contributed by atoms with E-state index < -0.39 is 0 Å². The highest BCUT2D eigenvalue weighted by molar-refractivity contribution is 9.10. The summed E-state index contributed by atoms with van der Waals surface area (Å²) in [6.45, 7) is 2.83. The normalized spacial score (nSPS) is 10.2. The van der Waals surface area contributed by atoms with Crippen molar-refractivity contribution in [2.45, 2.75) is 13.5 Å². The second-order valence-corrected chi connectivity index (χ2v) is 4.93. The lowest BCUT2D eigenvalue weighted by Crippen LogP contribution is -2.03. The molecule has 0 saturated carbocycles. The van der Waals surface area contributed by atoms with Crippen molar-refractivity contribution in [3.05, 3.63) is 58.1 Å². The first-order valence-corrected chi connectivity index (χ1v) is 6.29. The van der Waals surface area contributed by atoms with E-state index in [0.29, 0.717) is 0 Å². The molecule has 0 unspecified atom stereocenters. The van der Waals surface area contributed by atoms with Crippen molar-refractivity contribution in [2.24, 2.45) is 0 Å². The van der Waals surface area contributed by atoms with Gasteiger partial charge < -0.3 is 11.1 Å². The number of rotatable bonds is 3. The Labute approximate surface area is 110 Å². The van der Waals surface area contributed by atoms with Crippen LogP contribution >= 0.6 is 15.9 Å². The van der Waals surface area contributed by atoms with E-state index in [0.717, 1.165) is 28.0 Å². The summed E-state index contributed by atoms with van der Waals surface area (Å²) in [6.07, 6.45) is 0. The number of aryl methyl sites for hydroxylation is 1. The quantitative estimate of drug-likeness (QED) is 0.840. The van der Waals surface area contributed by atoms with E-state index in [1.165, 1.54) is 5.56 Å². The summed E-state index contributed by atoms with van der Waals surface area (Å²) in [7, 11) is 0. The number of benzene rings is 2. The molecular weight excluding hydrogens is 276 g/mol. The molecule has 0 radical (unpaired) electrons. The Morgan fingerprint density at radius 2 is 1.94 bits per heavy atom. The highest BCUT2D eigenvalue weighted by atomic mass is 79.9. The fourth-order valence-electron chi connectivity index (χ4n) is 1.71. The maximum absolute atomic E-state index is 5.90. The molecule has 0 aromatic heterocycles. The van der Waals surface area contributed by atoms with Crippen molar-refractivity contribution in [3.8, 4) is 0 Å². The molecule has 0 saturated heterocycles. The molecule has 0 spiro atoms. The molecule has 0 heterocycles. The lowest BCUT2D eigenvalue weighted by atomic mass is 10.1. The van der Waals surface area contributed by atoms with Crippen LogP contribution in [0.2, 0.25) is 0 Å². The van der Waals surface area contributed by atoms with Crippen LogP contribution in [0.4, 0.5) is 11.4 Å². The van der Waals surface area contributed by atoms with Gasteiger partial charge in [0.2, 0.25) is 0 Å². The second kappa shape index (κ2) is 5.23. The van der Waals surface area contributed by atoms with Crippen molar-refractivity contribution in [1.29, 1.82) is 0 Å². The van der Waals surface area contributed by atoms with Crippen LogP contribution in [0.5, 0.6) is 0 Å². The number of hydrogen-bond donors (Lipinski definition) is 2. The zero-order chi connectivity index (χ0) is 12.3. The molecule has 0 fully saturated rings. The minimum atomic E-state index is 0.745. The number of halogens is 1. The zero-order valence-corrected chi connectivity index (χ0v) is 11.3. The topological polar surface area (TPSA) is 38.0 Å². The molecule has 3 N–H and O–H groups in total. The fourth-order valence-corrected chi connectivity index (χ4v) is 2.19. The van der Waals surface area contributed by atoms with E-state index in [4.69, 9.17) is 5.73 Å².